The van der Waals surface area contributed by atoms with Crippen LogP contribution in [0, 0.1) is 10.1 Å². The van der Waals surface area contributed by atoms with Crippen molar-refractivity contribution in [2.24, 2.45) is 0 Å². The Morgan fingerprint density at radius 3 is 2.55 bits per heavy atom. The topological polar surface area (TPSA) is 75.4 Å². The van der Waals surface area contributed by atoms with Crippen LogP contribution in [-0.2, 0) is 6.18 Å². The molecular formula is C12H13F3N2O3. The van der Waals surface area contributed by atoms with Crippen molar-refractivity contribution in [3.05, 3.63) is 33.4 Å². The lowest BCUT2D eigenvalue weighted by atomic mass is 9.94. The lowest BCUT2D eigenvalue weighted by Gasteiger charge is -2.25. The molecule has 0 saturated carbocycles. The number of aromatic hydroxyl groups is 1. The molecule has 1 aromatic carbocycles. The summed E-state index contributed by atoms with van der Waals surface area (Å²) in [5, 5.41) is 23.6. The van der Waals surface area contributed by atoms with Crippen LogP contribution >= 0.6 is 0 Å². The highest BCUT2D eigenvalue weighted by Crippen LogP contribution is 2.41. The first-order valence-corrected chi connectivity index (χ1v) is 6.12. The van der Waals surface area contributed by atoms with Crippen molar-refractivity contribution in [2.75, 3.05) is 6.54 Å². The Kier molecular flexibility index (Phi) is 3.85. The summed E-state index contributed by atoms with van der Waals surface area (Å²) in [7, 11) is 0. The number of hydrogen-bond donors (Lipinski definition) is 2. The number of nitrogens with zero attached hydrogens (tertiary/aromatic N) is 1. The predicted molar refractivity (Wildman–Crippen MR) is 64.4 cm³/mol. The summed E-state index contributed by atoms with van der Waals surface area (Å²) < 4.78 is 38.4. The van der Waals surface area contributed by atoms with Gasteiger partial charge in [-0.2, -0.15) is 13.2 Å². The number of nitro groups is 1. The van der Waals surface area contributed by atoms with E-state index in [4.69, 9.17) is 0 Å². The molecule has 1 saturated heterocycles. The summed E-state index contributed by atoms with van der Waals surface area (Å²) in [6.07, 6.45) is -2.48. The fraction of sp³-hybridized carbons (Fsp3) is 0.500. The SMILES string of the molecule is O=[N+]([O-])c1cc(C(F)(F)F)cc([C@@H]2CCCCN2)c1O. The molecule has 0 aliphatic carbocycles. The Morgan fingerprint density at radius 2 is 2.05 bits per heavy atom. The zero-order valence-electron chi connectivity index (χ0n) is 10.4. The lowest BCUT2D eigenvalue weighted by Crippen LogP contribution is -2.27. The van der Waals surface area contributed by atoms with Crippen molar-refractivity contribution < 1.29 is 23.2 Å². The van der Waals surface area contributed by atoms with Gasteiger partial charge in [0.25, 0.3) is 0 Å². The highest BCUT2D eigenvalue weighted by molar-refractivity contribution is 5.55. The van der Waals surface area contributed by atoms with Crippen molar-refractivity contribution in [2.45, 2.75) is 31.5 Å². The first kappa shape index (κ1) is 14.6. The molecule has 1 atom stereocenters. The van der Waals surface area contributed by atoms with E-state index in [0.717, 1.165) is 18.9 Å². The molecule has 0 aromatic heterocycles. The van der Waals surface area contributed by atoms with Crippen LogP contribution < -0.4 is 5.32 Å². The average molecular weight is 290 g/mol. The Hall–Kier alpha value is -1.83. The van der Waals surface area contributed by atoms with Crippen molar-refractivity contribution in [3.63, 3.8) is 0 Å². The van der Waals surface area contributed by atoms with Gasteiger partial charge in [0.15, 0.2) is 5.75 Å². The summed E-state index contributed by atoms with van der Waals surface area (Å²) >= 11 is 0. The summed E-state index contributed by atoms with van der Waals surface area (Å²) in [6.45, 7) is 0.605. The number of rotatable bonds is 2. The van der Waals surface area contributed by atoms with Gasteiger partial charge in [-0.25, -0.2) is 0 Å². The highest BCUT2D eigenvalue weighted by atomic mass is 19.4. The summed E-state index contributed by atoms with van der Waals surface area (Å²) in [6, 6.07) is 0.650. The van der Waals surface area contributed by atoms with Crippen LogP contribution in [0.3, 0.4) is 0 Å². The number of nitrogens with one attached hydrogen (secondary N) is 1. The number of phenolic OH excluding ortho intramolecular Hbond substituents is 1. The molecule has 0 radical (unpaired) electrons. The number of halogens is 3. The zero-order chi connectivity index (χ0) is 14.9. The number of phenols is 1. The van der Waals surface area contributed by atoms with Crippen molar-refractivity contribution in [3.8, 4) is 5.75 Å². The monoisotopic (exact) mass is 290 g/mol. The first-order valence-electron chi connectivity index (χ1n) is 6.12. The maximum atomic E-state index is 12.8. The van der Waals surface area contributed by atoms with Crippen LogP contribution in [0.25, 0.3) is 0 Å². The molecule has 0 bridgehead atoms. The molecule has 1 fully saturated rings. The van der Waals surface area contributed by atoms with Gasteiger partial charge in [0.05, 0.1) is 10.5 Å². The van der Waals surface area contributed by atoms with E-state index in [-0.39, 0.29) is 5.56 Å². The molecule has 0 spiro atoms. The second kappa shape index (κ2) is 5.28. The van der Waals surface area contributed by atoms with Gasteiger partial charge >= 0.3 is 11.9 Å². The van der Waals surface area contributed by atoms with E-state index >= 15 is 0 Å². The first-order chi connectivity index (χ1) is 9.30. The summed E-state index contributed by atoms with van der Waals surface area (Å²) in [4.78, 5) is 9.79. The van der Waals surface area contributed by atoms with E-state index < -0.39 is 34.1 Å². The number of hydrogen-bond acceptors (Lipinski definition) is 4. The molecule has 5 nitrogen and oxygen atoms in total. The molecule has 1 heterocycles. The van der Waals surface area contributed by atoms with Crippen LogP contribution in [-0.4, -0.2) is 16.6 Å². The minimum atomic E-state index is -4.69. The largest absolute Gasteiger partial charge is 0.502 e. The Bertz CT molecular complexity index is 525. The third-order valence-electron chi connectivity index (χ3n) is 3.33. The van der Waals surface area contributed by atoms with Crippen LogP contribution in [0.2, 0.25) is 0 Å². The van der Waals surface area contributed by atoms with Gasteiger partial charge in [-0.15, -0.1) is 0 Å². The fourth-order valence-electron chi connectivity index (χ4n) is 2.33. The predicted octanol–water partition coefficient (Wildman–Crippen LogP) is 3.13. The quantitative estimate of drug-likeness (QED) is 0.648. The smallest absolute Gasteiger partial charge is 0.416 e. The van der Waals surface area contributed by atoms with Gasteiger partial charge in [0.2, 0.25) is 0 Å². The zero-order valence-corrected chi connectivity index (χ0v) is 10.4. The van der Waals surface area contributed by atoms with Crippen LogP contribution in [0.15, 0.2) is 12.1 Å². The molecule has 8 heteroatoms. The molecule has 1 aliphatic heterocycles. The van der Waals surface area contributed by atoms with Gasteiger partial charge < -0.3 is 10.4 Å². The third kappa shape index (κ3) is 2.84. The van der Waals surface area contributed by atoms with Crippen molar-refractivity contribution in [1.29, 1.82) is 0 Å². The Balaban J connectivity index is 2.53. The van der Waals surface area contributed by atoms with E-state index in [1.165, 1.54) is 0 Å². The van der Waals surface area contributed by atoms with Gasteiger partial charge in [0, 0.05) is 17.7 Å². The van der Waals surface area contributed by atoms with Crippen molar-refractivity contribution >= 4 is 5.69 Å². The van der Waals surface area contributed by atoms with Crippen molar-refractivity contribution in [1.82, 2.24) is 5.32 Å². The van der Waals surface area contributed by atoms with E-state index in [1.807, 2.05) is 0 Å². The number of benzene rings is 1. The fourth-order valence-corrected chi connectivity index (χ4v) is 2.33. The minimum Gasteiger partial charge on any atom is -0.502 e. The summed E-state index contributed by atoms with van der Waals surface area (Å²) in [5.41, 5.74) is -2.10. The number of alkyl halides is 3. The number of nitro benzene ring substituents is 1. The second-order valence-electron chi connectivity index (χ2n) is 4.69. The number of piperidine rings is 1. The van der Waals surface area contributed by atoms with Gasteiger partial charge in [-0.05, 0) is 25.5 Å². The van der Waals surface area contributed by atoms with Gasteiger partial charge in [-0.3, -0.25) is 10.1 Å². The van der Waals surface area contributed by atoms with Crippen LogP contribution in [0.5, 0.6) is 5.75 Å². The van der Waals surface area contributed by atoms with Crippen LogP contribution in [0.4, 0.5) is 18.9 Å². The van der Waals surface area contributed by atoms with Gasteiger partial charge in [-0.1, -0.05) is 6.42 Å². The molecule has 1 aromatic rings. The van der Waals surface area contributed by atoms with E-state index in [0.29, 0.717) is 19.0 Å². The van der Waals surface area contributed by atoms with Crippen LogP contribution in [0.1, 0.15) is 36.4 Å². The standard InChI is InChI=1S/C12H13F3N2O3/c13-12(14,15)7-5-8(9-3-1-2-4-16-9)11(18)10(6-7)17(19)20/h5-6,9,16,18H,1-4H2/t9-/m0/s1. The third-order valence-corrected chi connectivity index (χ3v) is 3.33. The maximum Gasteiger partial charge on any atom is 0.416 e. The van der Waals surface area contributed by atoms with E-state index in [9.17, 15) is 28.4 Å². The maximum absolute atomic E-state index is 12.8. The molecule has 20 heavy (non-hydrogen) atoms. The minimum absolute atomic E-state index is 0.0637. The molecule has 2 rings (SSSR count). The molecule has 1 aliphatic rings. The Morgan fingerprint density at radius 1 is 1.35 bits per heavy atom. The Labute approximate surface area is 112 Å². The highest BCUT2D eigenvalue weighted by Gasteiger charge is 2.36. The molecule has 110 valence electrons. The molecule has 0 amide bonds. The molecular weight excluding hydrogens is 277 g/mol. The lowest BCUT2D eigenvalue weighted by molar-refractivity contribution is -0.386. The average Bonchev–Trinajstić information content (AvgIpc) is 2.38. The summed E-state index contributed by atoms with van der Waals surface area (Å²) in [5.74, 6) is -0.692. The van der Waals surface area contributed by atoms with E-state index in [1.54, 1.807) is 0 Å². The molecule has 0 unspecified atom stereocenters. The second-order valence-corrected chi connectivity index (χ2v) is 4.69. The normalized spacial score (nSPS) is 19.9. The van der Waals surface area contributed by atoms with E-state index in [2.05, 4.69) is 5.32 Å². The molecule has 2 N–H and O–H groups in total. The van der Waals surface area contributed by atoms with Gasteiger partial charge in [0.1, 0.15) is 0 Å².